The maximum atomic E-state index is 2.45. The Hall–Kier alpha value is -2.26. The molecule has 0 spiro atoms. The fourth-order valence-corrected chi connectivity index (χ4v) is 11.1. The minimum absolute atomic E-state index is 0.500. The van der Waals surface area contributed by atoms with E-state index in [4.69, 9.17) is 0 Å². The Morgan fingerprint density at radius 2 is 0.571 bits per heavy atom. The average Bonchev–Trinajstić information content (AvgIpc) is 2.82. The number of aryl methyl sites for hydroxylation is 8. The molecule has 0 atom stereocenters. The number of rotatable bonds is 6. The van der Waals surface area contributed by atoms with Crippen LogP contribution in [-0.4, -0.2) is 5.90 Å². The van der Waals surface area contributed by atoms with E-state index in [0.29, 0.717) is 0 Å². The summed E-state index contributed by atoms with van der Waals surface area (Å²) in [5.41, 5.74) is 11.0. The lowest BCUT2D eigenvalue weighted by molar-refractivity contribution is 1.35. The third-order valence-corrected chi connectivity index (χ3v) is 13.4. The molecule has 0 fully saturated rings. The van der Waals surface area contributed by atoms with E-state index in [0.717, 1.165) is 0 Å². The molecular formula is C33H38P2. The molecule has 0 aliphatic heterocycles. The Bertz CT molecular complexity index is 1160. The molecule has 0 nitrogen and oxygen atoms in total. The van der Waals surface area contributed by atoms with Gasteiger partial charge in [0.25, 0.3) is 0 Å². The highest BCUT2D eigenvalue weighted by atomic mass is 31.2. The van der Waals surface area contributed by atoms with Gasteiger partial charge in [-0.3, -0.25) is 0 Å². The first kappa shape index (κ1) is 25.8. The van der Waals surface area contributed by atoms with Crippen molar-refractivity contribution in [2.24, 2.45) is 0 Å². The van der Waals surface area contributed by atoms with Crippen molar-refractivity contribution in [1.82, 2.24) is 0 Å². The molecule has 35 heavy (non-hydrogen) atoms. The van der Waals surface area contributed by atoms with Crippen LogP contribution in [0.25, 0.3) is 0 Å². The van der Waals surface area contributed by atoms with Crippen molar-refractivity contribution >= 4 is 37.1 Å². The van der Waals surface area contributed by atoms with E-state index in [-0.39, 0.29) is 0 Å². The van der Waals surface area contributed by atoms with Crippen LogP contribution in [0.5, 0.6) is 0 Å². The zero-order chi connectivity index (χ0) is 25.3. The molecule has 0 amide bonds. The minimum Gasteiger partial charge on any atom is -0.0584 e. The largest absolute Gasteiger partial charge is 0.0584 e. The van der Waals surface area contributed by atoms with Crippen LogP contribution >= 0.6 is 15.8 Å². The van der Waals surface area contributed by atoms with Crippen LogP contribution in [0.2, 0.25) is 0 Å². The molecule has 0 heterocycles. The highest BCUT2D eigenvalue weighted by Gasteiger charge is 2.24. The molecule has 0 aromatic heterocycles. The maximum absolute atomic E-state index is 2.45. The Morgan fingerprint density at radius 3 is 0.771 bits per heavy atom. The second kappa shape index (κ2) is 10.8. The molecule has 0 saturated heterocycles. The molecule has 0 radical (unpaired) electrons. The van der Waals surface area contributed by atoms with Gasteiger partial charge in [-0.15, -0.1) is 0 Å². The lowest BCUT2D eigenvalue weighted by Gasteiger charge is -2.28. The van der Waals surface area contributed by atoms with Crippen molar-refractivity contribution in [3.05, 3.63) is 117 Å². The summed E-state index contributed by atoms with van der Waals surface area (Å²) in [4.78, 5) is 0. The molecule has 0 bridgehead atoms. The molecule has 2 heteroatoms. The van der Waals surface area contributed by atoms with E-state index in [1.807, 2.05) is 0 Å². The summed E-state index contributed by atoms with van der Waals surface area (Å²) in [6, 6.07) is 28.6. The summed E-state index contributed by atoms with van der Waals surface area (Å²) in [6.45, 7) is 17.9. The van der Waals surface area contributed by atoms with Gasteiger partial charge in [-0.2, -0.15) is 0 Å². The first-order valence-corrected chi connectivity index (χ1v) is 15.5. The van der Waals surface area contributed by atoms with Crippen molar-refractivity contribution in [2.75, 3.05) is 5.90 Å². The number of benzene rings is 4. The third kappa shape index (κ3) is 5.77. The van der Waals surface area contributed by atoms with Gasteiger partial charge in [-0.25, -0.2) is 0 Å². The van der Waals surface area contributed by atoms with Crippen LogP contribution in [-0.2, 0) is 0 Å². The molecule has 4 rings (SSSR count). The fourth-order valence-electron chi connectivity index (χ4n) is 4.34. The van der Waals surface area contributed by atoms with Crippen LogP contribution in [0.3, 0.4) is 0 Å². The van der Waals surface area contributed by atoms with Crippen molar-refractivity contribution in [1.29, 1.82) is 0 Å². The van der Waals surface area contributed by atoms with E-state index in [1.165, 1.54) is 71.6 Å². The molecule has 0 aliphatic rings. The molecule has 0 N–H and O–H groups in total. The fraction of sp³-hybridized carbons (Fsp3) is 0.273. The van der Waals surface area contributed by atoms with Crippen molar-refractivity contribution < 1.29 is 0 Å². The topological polar surface area (TPSA) is 0 Å². The van der Waals surface area contributed by atoms with Gasteiger partial charge in [-0.05, 0) is 137 Å². The quantitative estimate of drug-likeness (QED) is 0.240. The second-order valence-corrected chi connectivity index (χ2v) is 15.0. The van der Waals surface area contributed by atoms with Gasteiger partial charge in [0.15, 0.2) is 0 Å². The van der Waals surface area contributed by atoms with E-state index in [2.05, 4.69) is 128 Å². The Balaban J connectivity index is 1.88. The summed E-state index contributed by atoms with van der Waals surface area (Å²) >= 11 is 0. The van der Waals surface area contributed by atoms with E-state index >= 15 is 0 Å². The zero-order valence-corrected chi connectivity index (χ0v) is 24.3. The first-order valence-electron chi connectivity index (χ1n) is 12.5. The Kier molecular flexibility index (Phi) is 7.96. The molecule has 0 saturated carbocycles. The standard InChI is InChI=1S/C33H38P2/c1-22-9-13-30(17-26(22)5)34(31-14-10-23(2)27(6)18-31)21-35(32-15-11-24(3)28(7)19-32)33-16-12-25(4)29(8)20-33/h9-20H,21H2,1-8H3. The van der Waals surface area contributed by atoms with Gasteiger partial charge in [0.2, 0.25) is 0 Å². The van der Waals surface area contributed by atoms with Gasteiger partial charge < -0.3 is 0 Å². The summed E-state index contributed by atoms with van der Waals surface area (Å²) in [7, 11) is -1.00. The summed E-state index contributed by atoms with van der Waals surface area (Å²) < 4.78 is 0. The normalized spacial score (nSPS) is 11.5. The van der Waals surface area contributed by atoms with Crippen molar-refractivity contribution in [3.8, 4) is 0 Å². The molecule has 4 aromatic rings. The highest BCUT2D eigenvalue weighted by Crippen LogP contribution is 2.49. The Morgan fingerprint density at radius 1 is 0.343 bits per heavy atom. The van der Waals surface area contributed by atoms with Crippen LogP contribution in [0.4, 0.5) is 0 Å². The van der Waals surface area contributed by atoms with Crippen LogP contribution < -0.4 is 21.2 Å². The summed E-state index contributed by atoms with van der Waals surface area (Å²) in [5.74, 6) is 1.17. The van der Waals surface area contributed by atoms with Gasteiger partial charge in [0.1, 0.15) is 0 Å². The number of hydrogen-bond donors (Lipinski definition) is 0. The molecule has 0 unspecified atom stereocenters. The maximum Gasteiger partial charge on any atom is 0.00405 e. The molecular weight excluding hydrogens is 458 g/mol. The first-order chi connectivity index (χ1) is 16.6. The molecule has 4 aromatic carbocycles. The predicted octanol–water partition coefficient (Wildman–Crippen LogP) is 7.68. The SMILES string of the molecule is Cc1ccc(P(CP(c2ccc(C)c(C)c2)c2ccc(C)c(C)c2)c2ccc(C)c(C)c2)cc1C. The smallest absolute Gasteiger partial charge is 0.00405 e. The monoisotopic (exact) mass is 496 g/mol. The van der Waals surface area contributed by atoms with Gasteiger partial charge in [-0.1, -0.05) is 72.8 Å². The van der Waals surface area contributed by atoms with Gasteiger partial charge >= 0.3 is 0 Å². The zero-order valence-electron chi connectivity index (χ0n) is 22.5. The predicted molar refractivity (Wildman–Crippen MR) is 161 cm³/mol. The summed E-state index contributed by atoms with van der Waals surface area (Å²) in [6.07, 6.45) is 0. The second-order valence-electron chi connectivity index (χ2n) is 10.1. The lowest BCUT2D eigenvalue weighted by Crippen LogP contribution is -2.21. The third-order valence-electron chi connectivity index (χ3n) is 7.49. The molecule has 180 valence electrons. The van der Waals surface area contributed by atoms with Crippen LogP contribution in [0.1, 0.15) is 44.5 Å². The van der Waals surface area contributed by atoms with Crippen LogP contribution in [0.15, 0.2) is 72.8 Å². The molecule has 0 aliphatic carbocycles. The average molecular weight is 497 g/mol. The summed E-state index contributed by atoms with van der Waals surface area (Å²) in [5, 5.41) is 5.97. The van der Waals surface area contributed by atoms with Gasteiger partial charge in [0, 0.05) is 5.90 Å². The van der Waals surface area contributed by atoms with E-state index in [9.17, 15) is 0 Å². The highest BCUT2D eigenvalue weighted by molar-refractivity contribution is 7.88. The van der Waals surface area contributed by atoms with Crippen molar-refractivity contribution in [3.63, 3.8) is 0 Å². The van der Waals surface area contributed by atoms with E-state index in [1.54, 1.807) is 0 Å². The minimum atomic E-state index is -0.500. The lowest BCUT2D eigenvalue weighted by atomic mass is 10.1. The van der Waals surface area contributed by atoms with Gasteiger partial charge in [0.05, 0.1) is 0 Å². The van der Waals surface area contributed by atoms with E-state index < -0.39 is 15.8 Å². The van der Waals surface area contributed by atoms with Crippen molar-refractivity contribution in [2.45, 2.75) is 55.4 Å². The number of hydrogen-bond acceptors (Lipinski definition) is 0. The Labute approximate surface area is 215 Å². The van der Waals surface area contributed by atoms with Crippen LogP contribution in [0, 0.1) is 55.4 Å².